The molecule has 2 unspecified atom stereocenters. The van der Waals surface area contributed by atoms with Gasteiger partial charge in [0.2, 0.25) is 5.79 Å². The van der Waals surface area contributed by atoms with Gasteiger partial charge in [0.05, 0.1) is 18.8 Å². The number of ketones is 1. The number of carbonyl (C=O) groups excluding carboxylic acids is 1. The molecule has 1 rings (SSSR count). The summed E-state index contributed by atoms with van der Waals surface area (Å²) in [6, 6.07) is 0. The Morgan fingerprint density at radius 2 is 2.06 bits per heavy atom. The highest BCUT2D eigenvalue weighted by Crippen LogP contribution is 2.34. The molecule has 0 aromatic rings. The van der Waals surface area contributed by atoms with E-state index in [2.05, 4.69) is 0 Å². The molecular formula is C11H20O7. The van der Waals surface area contributed by atoms with Crippen LogP contribution in [0.4, 0.5) is 0 Å². The molecule has 1 aliphatic heterocycles. The first kappa shape index (κ1) is 15.5. The van der Waals surface area contributed by atoms with Gasteiger partial charge in [0.25, 0.3) is 0 Å². The van der Waals surface area contributed by atoms with E-state index in [4.69, 9.17) is 9.84 Å². The van der Waals surface area contributed by atoms with Crippen molar-refractivity contribution in [3.05, 3.63) is 0 Å². The fourth-order valence-corrected chi connectivity index (χ4v) is 2.00. The molecule has 6 atom stereocenters. The van der Waals surface area contributed by atoms with E-state index < -0.39 is 48.5 Å². The van der Waals surface area contributed by atoms with Crippen LogP contribution in [0.2, 0.25) is 0 Å². The summed E-state index contributed by atoms with van der Waals surface area (Å²) >= 11 is 0. The van der Waals surface area contributed by atoms with Crippen molar-refractivity contribution in [3.63, 3.8) is 0 Å². The van der Waals surface area contributed by atoms with Crippen LogP contribution in [-0.2, 0) is 9.53 Å². The van der Waals surface area contributed by atoms with E-state index in [-0.39, 0.29) is 6.42 Å². The quantitative estimate of drug-likeness (QED) is 0.388. The summed E-state index contributed by atoms with van der Waals surface area (Å²) in [5.41, 5.74) is 0. The Hall–Kier alpha value is -0.570. The summed E-state index contributed by atoms with van der Waals surface area (Å²) in [6.45, 7) is 1.97. The van der Waals surface area contributed by atoms with Crippen molar-refractivity contribution in [1.29, 1.82) is 0 Å². The van der Waals surface area contributed by atoms with Gasteiger partial charge >= 0.3 is 0 Å². The first-order valence-electron chi connectivity index (χ1n) is 5.79. The van der Waals surface area contributed by atoms with Gasteiger partial charge in [-0.2, -0.15) is 0 Å². The van der Waals surface area contributed by atoms with Crippen molar-refractivity contribution in [2.75, 3.05) is 6.61 Å². The lowest BCUT2D eigenvalue weighted by Gasteiger charge is -2.44. The second-order valence-corrected chi connectivity index (χ2v) is 4.79. The number of aliphatic hydroxyl groups is 5. The SMILES string of the molecule is CC(=O)[C@@]1(O)CC(O)[C@@H](C)C([C@H](O)[C@H](O)CO)O1. The van der Waals surface area contributed by atoms with Crippen LogP contribution in [0.15, 0.2) is 0 Å². The second-order valence-electron chi connectivity index (χ2n) is 4.79. The molecule has 7 heteroatoms. The molecule has 0 aromatic heterocycles. The zero-order valence-electron chi connectivity index (χ0n) is 10.4. The minimum Gasteiger partial charge on any atom is -0.394 e. The topological polar surface area (TPSA) is 127 Å². The molecule has 0 aliphatic carbocycles. The van der Waals surface area contributed by atoms with E-state index >= 15 is 0 Å². The molecule has 7 nitrogen and oxygen atoms in total. The molecule has 106 valence electrons. The smallest absolute Gasteiger partial charge is 0.228 e. The Balaban J connectivity index is 2.92. The number of rotatable bonds is 4. The molecule has 0 saturated carbocycles. The molecule has 1 fully saturated rings. The molecular weight excluding hydrogens is 244 g/mol. The average Bonchev–Trinajstić information content (AvgIpc) is 2.31. The van der Waals surface area contributed by atoms with Crippen molar-refractivity contribution >= 4 is 5.78 Å². The minimum atomic E-state index is -2.17. The van der Waals surface area contributed by atoms with Crippen molar-refractivity contribution in [2.24, 2.45) is 5.92 Å². The fraction of sp³-hybridized carbons (Fsp3) is 0.909. The molecule has 0 bridgehead atoms. The monoisotopic (exact) mass is 264 g/mol. The van der Waals surface area contributed by atoms with Gasteiger partial charge < -0.3 is 30.3 Å². The van der Waals surface area contributed by atoms with Gasteiger partial charge in [-0.15, -0.1) is 0 Å². The molecule has 0 aromatic carbocycles. The molecule has 1 heterocycles. The summed E-state index contributed by atoms with van der Waals surface area (Å²) in [5.74, 6) is -3.46. The Kier molecular flexibility index (Phi) is 4.82. The Morgan fingerprint density at radius 1 is 1.50 bits per heavy atom. The zero-order valence-corrected chi connectivity index (χ0v) is 10.4. The van der Waals surface area contributed by atoms with E-state index in [1.807, 2.05) is 0 Å². The Labute approximate surface area is 105 Å². The Morgan fingerprint density at radius 3 is 2.50 bits per heavy atom. The van der Waals surface area contributed by atoms with E-state index in [1.165, 1.54) is 0 Å². The summed E-state index contributed by atoms with van der Waals surface area (Å²) in [5, 5.41) is 47.6. The van der Waals surface area contributed by atoms with Crippen molar-refractivity contribution in [2.45, 2.75) is 50.5 Å². The third-order valence-electron chi connectivity index (χ3n) is 3.41. The second kappa shape index (κ2) is 5.60. The molecule has 1 saturated heterocycles. The number of aliphatic hydroxyl groups excluding tert-OH is 4. The summed E-state index contributed by atoms with van der Waals surface area (Å²) in [4.78, 5) is 11.3. The van der Waals surface area contributed by atoms with Gasteiger partial charge in [-0.1, -0.05) is 6.92 Å². The van der Waals surface area contributed by atoms with Crippen LogP contribution in [0.5, 0.6) is 0 Å². The third-order valence-corrected chi connectivity index (χ3v) is 3.41. The van der Waals surface area contributed by atoms with Gasteiger partial charge in [0.15, 0.2) is 5.78 Å². The molecule has 5 N–H and O–H groups in total. The van der Waals surface area contributed by atoms with Crippen LogP contribution in [0.3, 0.4) is 0 Å². The number of Topliss-reactive ketones (excluding diaryl/α,β-unsaturated/α-hetero) is 1. The highest BCUT2D eigenvalue weighted by Gasteiger charge is 2.50. The first-order chi connectivity index (χ1) is 8.23. The summed E-state index contributed by atoms with van der Waals surface area (Å²) in [6.07, 6.45) is -5.48. The Bertz CT molecular complexity index is 308. The minimum absolute atomic E-state index is 0.290. The molecule has 1 aliphatic rings. The molecule has 18 heavy (non-hydrogen) atoms. The van der Waals surface area contributed by atoms with Gasteiger partial charge in [0, 0.05) is 19.3 Å². The van der Waals surface area contributed by atoms with Gasteiger partial charge in [-0.25, -0.2) is 0 Å². The van der Waals surface area contributed by atoms with Crippen LogP contribution >= 0.6 is 0 Å². The molecule has 0 amide bonds. The van der Waals surface area contributed by atoms with E-state index in [9.17, 15) is 25.2 Å². The van der Waals surface area contributed by atoms with Crippen molar-refractivity contribution in [3.8, 4) is 0 Å². The number of hydrogen-bond acceptors (Lipinski definition) is 7. The summed E-state index contributed by atoms with van der Waals surface area (Å²) in [7, 11) is 0. The van der Waals surface area contributed by atoms with Crippen molar-refractivity contribution < 1.29 is 35.1 Å². The largest absolute Gasteiger partial charge is 0.394 e. The number of ether oxygens (including phenoxy) is 1. The fourth-order valence-electron chi connectivity index (χ4n) is 2.00. The first-order valence-corrected chi connectivity index (χ1v) is 5.79. The third kappa shape index (κ3) is 2.87. The van der Waals surface area contributed by atoms with Gasteiger partial charge in [-0.05, 0) is 0 Å². The van der Waals surface area contributed by atoms with Gasteiger partial charge in [-0.3, -0.25) is 4.79 Å². The number of carbonyl (C=O) groups is 1. The van der Waals surface area contributed by atoms with Crippen LogP contribution < -0.4 is 0 Å². The van der Waals surface area contributed by atoms with E-state index in [0.29, 0.717) is 0 Å². The molecule has 0 radical (unpaired) electrons. The predicted molar refractivity (Wildman–Crippen MR) is 59.4 cm³/mol. The normalized spacial score (nSPS) is 40.3. The maximum absolute atomic E-state index is 11.3. The zero-order chi connectivity index (χ0) is 14.1. The number of hydrogen-bond donors (Lipinski definition) is 5. The predicted octanol–water partition coefficient (Wildman–Crippen LogP) is -2.24. The molecule has 0 spiro atoms. The highest BCUT2D eigenvalue weighted by molar-refractivity contribution is 5.83. The van der Waals surface area contributed by atoms with Gasteiger partial charge in [0.1, 0.15) is 12.2 Å². The van der Waals surface area contributed by atoms with E-state index in [1.54, 1.807) is 6.92 Å². The van der Waals surface area contributed by atoms with Crippen LogP contribution in [-0.4, -0.2) is 68.1 Å². The standard InChI is InChI=1S/C11H20O7/c1-5-7(14)3-11(17,6(2)13)18-10(5)9(16)8(15)4-12/h5,7-10,12,14-17H,3-4H2,1-2H3/t5-,7?,8-,9-,10?,11-/m1/s1. The average molecular weight is 264 g/mol. The lowest BCUT2D eigenvalue weighted by atomic mass is 9.84. The van der Waals surface area contributed by atoms with Crippen LogP contribution in [0.1, 0.15) is 20.3 Å². The summed E-state index contributed by atoms with van der Waals surface area (Å²) < 4.78 is 5.13. The van der Waals surface area contributed by atoms with Crippen molar-refractivity contribution in [1.82, 2.24) is 0 Å². The lowest BCUT2D eigenvalue weighted by molar-refractivity contribution is -0.292. The highest BCUT2D eigenvalue weighted by atomic mass is 16.6. The lowest BCUT2D eigenvalue weighted by Crippen LogP contribution is -2.59. The van der Waals surface area contributed by atoms with Crippen LogP contribution in [0, 0.1) is 5.92 Å². The maximum atomic E-state index is 11.3. The van der Waals surface area contributed by atoms with E-state index in [0.717, 1.165) is 6.92 Å². The maximum Gasteiger partial charge on any atom is 0.228 e. The van der Waals surface area contributed by atoms with Crippen LogP contribution in [0.25, 0.3) is 0 Å².